The zero-order chi connectivity index (χ0) is 22.1. The van der Waals surface area contributed by atoms with Crippen LogP contribution in [-0.4, -0.2) is 52.3 Å². The van der Waals surface area contributed by atoms with Gasteiger partial charge >= 0.3 is 5.97 Å². The summed E-state index contributed by atoms with van der Waals surface area (Å²) in [4.78, 5) is 42.1. The molecule has 1 heterocycles. The van der Waals surface area contributed by atoms with E-state index in [1.54, 1.807) is 4.90 Å². The molecule has 0 aromatic heterocycles. The second kappa shape index (κ2) is 11.3. The number of unbranched alkanes of at least 4 members (excludes halogenated alkanes) is 2. The molecule has 1 saturated heterocycles. The third kappa shape index (κ3) is 6.84. The lowest BCUT2D eigenvalue weighted by molar-refractivity contribution is -0.142. The van der Waals surface area contributed by atoms with Crippen LogP contribution in [0.2, 0.25) is 0 Å². The van der Waals surface area contributed by atoms with E-state index in [9.17, 15) is 14.4 Å². The fourth-order valence-electron chi connectivity index (χ4n) is 3.79. The number of amides is 1. The van der Waals surface area contributed by atoms with Crippen LogP contribution in [0.3, 0.4) is 0 Å². The highest BCUT2D eigenvalue weighted by atomic mass is 16.4. The van der Waals surface area contributed by atoms with Crippen LogP contribution in [0.15, 0.2) is 35.3 Å². The zero-order valence-corrected chi connectivity index (χ0v) is 17.1. The number of Topliss-reactive ketones (excluding diaryl/α,β-unsaturated/α-hetero) is 1. The maximum atomic E-state index is 12.8. The molecule has 0 bridgehead atoms. The number of hydrogen-bond acceptors (Lipinski definition) is 5. The first-order chi connectivity index (χ1) is 14.3. The summed E-state index contributed by atoms with van der Waals surface area (Å²) in [5.41, 5.74) is 17.7. The summed E-state index contributed by atoms with van der Waals surface area (Å²) >= 11 is 0. The van der Waals surface area contributed by atoms with Gasteiger partial charge in [-0.15, -0.1) is 0 Å². The maximum absolute atomic E-state index is 12.8. The molecule has 1 fully saturated rings. The Morgan fingerprint density at radius 2 is 1.87 bits per heavy atom. The number of hydrogen-bond donors (Lipinski definition) is 4. The fraction of sp³-hybridized carbons (Fsp3) is 0.524. The SMILES string of the molecule is NC(N)=NCCCCCC(=O)C(N)[C@@H]1C[C@@H](CC(=O)O)C(=O)N1Cc1ccccc1. The van der Waals surface area contributed by atoms with E-state index >= 15 is 0 Å². The molecule has 3 atom stereocenters. The highest BCUT2D eigenvalue weighted by molar-refractivity contribution is 5.89. The molecule has 1 aliphatic heterocycles. The number of aliphatic imine (C=N–C) groups is 1. The predicted octanol–water partition coefficient (Wildman–Crippen LogP) is 0.609. The van der Waals surface area contributed by atoms with Gasteiger partial charge in [-0.1, -0.05) is 36.8 Å². The second-order valence-electron chi connectivity index (χ2n) is 7.66. The minimum atomic E-state index is -1.03. The van der Waals surface area contributed by atoms with Gasteiger partial charge < -0.3 is 27.2 Å². The van der Waals surface area contributed by atoms with E-state index in [4.69, 9.17) is 22.3 Å². The van der Waals surface area contributed by atoms with Crippen LogP contribution >= 0.6 is 0 Å². The molecule has 0 aliphatic carbocycles. The van der Waals surface area contributed by atoms with Gasteiger partial charge in [-0.25, -0.2) is 0 Å². The molecule has 1 amide bonds. The van der Waals surface area contributed by atoms with Gasteiger partial charge in [0.1, 0.15) is 0 Å². The van der Waals surface area contributed by atoms with Gasteiger partial charge in [0, 0.05) is 19.5 Å². The highest BCUT2D eigenvalue weighted by Crippen LogP contribution is 2.31. The van der Waals surface area contributed by atoms with E-state index in [0.29, 0.717) is 25.9 Å². The molecule has 2 rings (SSSR count). The molecule has 0 spiro atoms. The van der Waals surface area contributed by atoms with Crippen molar-refractivity contribution in [1.29, 1.82) is 0 Å². The standard InChI is InChI=1S/C21H31N5O4/c22-19(17(27)9-5-2-6-10-25-21(23)24)16-11-15(12-18(28)29)20(30)26(16)13-14-7-3-1-4-8-14/h1,3-4,7-8,15-16,19H,2,5-6,9-13,22H2,(H,28,29)(H4,23,24,25)/t15-,16-,19?/m0/s1. The Labute approximate surface area is 176 Å². The summed E-state index contributed by atoms with van der Waals surface area (Å²) in [6, 6.07) is 8.05. The Morgan fingerprint density at radius 1 is 1.17 bits per heavy atom. The number of benzene rings is 1. The minimum absolute atomic E-state index is 0.0495. The lowest BCUT2D eigenvalue weighted by Gasteiger charge is -2.29. The quantitative estimate of drug-likeness (QED) is 0.220. The summed E-state index contributed by atoms with van der Waals surface area (Å²) in [7, 11) is 0. The average Bonchev–Trinajstić information content (AvgIpc) is 2.99. The number of aliphatic carboxylic acids is 1. The number of carbonyl (C=O) groups excluding carboxylic acids is 2. The Hall–Kier alpha value is -2.94. The first kappa shape index (κ1) is 23.3. The van der Waals surface area contributed by atoms with E-state index in [1.165, 1.54) is 0 Å². The van der Waals surface area contributed by atoms with Crippen molar-refractivity contribution in [3.8, 4) is 0 Å². The van der Waals surface area contributed by atoms with Crippen LogP contribution in [-0.2, 0) is 20.9 Å². The van der Waals surface area contributed by atoms with Crippen molar-refractivity contribution in [2.24, 2.45) is 28.1 Å². The summed E-state index contributed by atoms with van der Waals surface area (Å²) < 4.78 is 0. The number of rotatable bonds is 12. The summed E-state index contributed by atoms with van der Waals surface area (Å²) in [5.74, 6) is -2.02. The minimum Gasteiger partial charge on any atom is -0.481 e. The van der Waals surface area contributed by atoms with Crippen LogP contribution in [0, 0.1) is 5.92 Å². The summed E-state index contributed by atoms with van der Waals surface area (Å²) in [6.45, 7) is 0.821. The van der Waals surface area contributed by atoms with Crippen LogP contribution in [0.4, 0.5) is 0 Å². The van der Waals surface area contributed by atoms with Gasteiger partial charge in [0.25, 0.3) is 0 Å². The third-order valence-corrected chi connectivity index (χ3v) is 5.34. The van der Waals surface area contributed by atoms with Gasteiger partial charge in [0.15, 0.2) is 11.7 Å². The fourth-order valence-corrected chi connectivity index (χ4v) is 3.79. The van der Waals surface area contributed by atoms with Crippen molar-refractivity contribution in [1.82, 2.24) is 4.90 Å². The van der Waals surface area contributed by atoms with Crippen molar-refractivity contribution >= 4 is 23.6 Å². The van der Waals surface area contributed by atoms with Crippen LogP contribution in [0.1, 0.15) is 44.1 Å². The van der Waals surface area contributed by atoms with Gasteiger partial charge in [0.05, 0.1) is 24.4 Å². The smallest absolute Gasteiger partial charge is 0.304 e. The molecular formula is C21H31N5O4. The lowest BCUT2D eigenvalue weighted by atomic mass is 9.94. The molecule has 30 heavy (non-hydrogen) atoms. The molecule has 1 aromatic rings. The van der Waals surface area contributed by atoms with Gasteiger partial charge in [-0.3, -0.25) is 19.4 Å². The topological polar surface area (TPSA) is 165 Å². The van der Waals surface area contributed by atoms with E-state index in [2.05, 4.69) is 4.99 Å². The van der Waals surface area contributed by atoms with Crippen molar-refractivity contribution in [2.45, 2.75) is 57.2 Å². The number of carbonyl (C=O) groups is 3. The van der Waals surface area contributed by atoms with Crippen LogP contribution in [0.5, 0.6) is 0 Å². The van der Waals surface area contributed by atoms with E-state index < -0.39 is 24.0 Å². The molecule has 1 aliphatic rings. The Balaban J connectivity index is 1.99. The Morgan fingerprint density at radius 3 is 2.50 bits per heavy atom. The first-order valence-electron chi connectivity index (χ1n) is 10.2. The Kier molecular flexibility index (Phi) is 8.79. The van der Waals surface area contributed by atoms with E-state index in [0.717, 1.165) is 18.4 Å². The van der Waals surface area contributed by atoms with Crippen molar-refractivity contribution in [3.05, 3.63) is 35.9 Å². The molecule has 9 heteroatoms. The molecule has 7 N–H and O–H groups in total. The third-order valence-electron chi connectivity index (χ3n) is 5.34. The van der Waals surface area contributed by atoms with Gasteiger partial charge in [-0.2, -0.15) is 0 Å². The molecule has 0 saturated carbocycles. The van der Waals surface area contributed by atoms with Gasteiger partial charge in [-0.05, 0) is 24.8 Å². The number of nitrogens with zero attached hydrogens (tertiary/aromatic N) is 2. The summed E-state index contributed by atoms with van der Waals surface area (Å²) in [5, 5.41) is 9.13. The number of likely N-dealkylation sites (tertiary alicyclic amines) is 1. The van der Waals surface area contributed by atoms with Crippen molar-refractivity contribution in [2.75, 3.05) is 6.54 Å². The maximum Gasteiger partial charge on any atom is 0.304 e. The van der Waals surface area contributed by atoms with Gasteiger partial charge in [0.2, 0.25) is 5.91 Å². The molecule has 1 unspecified atom stereocenters. The molecular weight excluding hydrogens is 386 g/mol. The Bertz CT molecular complexity index is 764. The molecule has 1 aromatic carbocycles. The van der Waals surface area contributed by atoms with Crippen LogP contribution in [0.25, 0.3) is 0 Å². The average molecular weight is 418 g/mol. The zero-order valence-electron chi connectivity index (χ0n) is 17.1. The predicted molar refractivity (Wildman–Crippen MR) is 113 cm³/mol. The normalized spacial score (nSPS) is 19.5. The van der Waals surface area contributed by atoms with Crippen LogP contribution < -0.4 is 17.2 Å². The summed E-state index contributed by atoms with van der Waals surface area (Å²) in [6.07, 6.45) is 2.53. The lowest BCUT2D eigenvalue weighted by Crippen LogP contribution is -2.49. The molecule has 9 nitrogen and oxygen atoms in total. The number of nitrogens with two attached hydrogens (primary N) is 3. The highest BCUT2D eigenvalue weighted by Gasteiger charge is 2.44. The van der Waals surface area contributed by atoms with E-state index in [1.807, 2.05) is 30.3 Å². The van der Waals surface area contributed by atoms with Crippen molar-refractivity contribution < 1.29 is 19.5 Å². The largest absolute Gasteiger partial charge is 0.481 e. The van der Waals surface area contributed by atoms with Crippen molar-refractivity contribution in [3.63, 3.8) is 0 Å². The number of carboxylic acid groups (broad SMARTS) is 1. The van der Waals surface area contributed by atoms with E-state index in [-0.39, 0.29) is 30.5 Å². The monoisotopic (exact) mass is 417 g/mol. The molecule has 164 valence electrons. The second-order valence-corrected chi connectivity index (χ2v) is 7.66. The number of guanidine groups is 1. The number of ketones is 1. The first-order valence-corrected chi connectivity index (χ1v) is 10.2. The molecule has 0 radical (unpaired) electrons. The number of carboxylic acids is 1.